The average Bonchev–Trinajstić information content (AvgIpc) is 2.71. The van der Waals surface area contributed by atoms with E-state index in [4.69, 9.17) is 0 Å². The molecule has 0 unspecified atom stereocenters. The van der Waals surface area contributed by atoms with Crippen LogP contribution < -0.4 is 5.32 Å². The Balaban J connectivity index is 1.75. The number of nitrogens with zero attached hydrogens (tertiary/aromatic N) is 2. The van der Waals surface area contributed by atoms with E-state index in [1.54, 1.807) is 6.20 Å². The molecular weight excluding hydrogens is 438 g/mol. The molecule has 0 saturated heterocycles. The second-order valence-corrected chi connectivity index (χ2v) is 9.30. The van der Waals surface area contributed by atoms with Crippen molar-refractivity contribution in [1.82, 2.24) is 9.88 Å². The van der Waals surface area contributed by atoms with Crippen molar-refractivity contribution in [3.05, 3.63) is 94.2 Å². The Kier molecular flexibility index (Phi) is 7.27. The maximum atomic E-state index is 13.1. The molecule has 30 heavy (non-hydrogen) atoms. The molecule has 3 aromatic rings. The topological polar surface area (TPSA) is 45.2 Å². The summed E-state index contributed by atoms with van der Waals surface area (Å²) in [5.74, 6) is 0. The predicted octanol–water partition coefficient (Wildman–Crippen LogP) is 6.42. The first-order valence-electron chi connectivity index (χ1n) is 10.1. The highest BCUT2D eigenvalue weighted by Gasteiger charge is 2.17. The lowest BCUT2D eigenvalue weighted by Gasteiger charge is -2.24. The van der Waals surface area contributed by atoms with E-state index < -0.39 is 0 Å². The van der Waals surface area contributed by atoms with Crippen molar-refractivity contribution in [1.29, 1.82) is 0 Å². The maximum Gasteiger partial charge on any atom is 0.322 e. The first kappa shape index (κ1) is 22.0. The van der Waals surface area contributed by atoms with Gasteiger partial charge in [0.25, 0.3) is 0 Å². The van der Waals surface area contributed by atoms with Crippen LogP contribution in [0.25, 0.3) is 0 Å². The molecule has 1 aromatic heterocycles. The first-order chi connectivity index (χ1) is 14.3. The van der Waals surface area contributed by atoms with Gasteiger partial charge in [-0.05, 0) is 46.9 Å². The Bertz CT molecular complexity index is 966. The molecule has 0 fully saturated rings. The summed E-state index contributed by atoms with van der Waals surface area (Å²) in [5.41, 5.74) is 4.23. The zero-order valence-electron chi connectivity index (χ0n) is 17.7. The predicted molar refractivity (Wildman–Crippen MR) is 127 cm³/mol. The third-order valence-electron chi connectivity index (χ3n) is 4.92. The quantitative estimate of drug-likeness (QED) is 0.456. The SMILES string of the molecule is CC(C)(C)c1ccc(CN(CCc2ccccn2)C(=O)Nc2cccc(Br)c2)cc1. The summed E-state index contributed by atoms with van der Waals surface area (Å²) in [6, 6.07) is 21.9. The van der Waals surface area contributed by atoms with Crippen molar-refractivity contribution in [2.45, 2.75) is 39.2 Å². The van der Waals surface area contributed by atoms with Gasteiger partial charge in [0.15, 0.2) is 0 Å². The number of aromatic nitrogens is 1. The van der Waals surface area contributed by atoms with E-state index in [0.29, 0.717) is 19.5 Å². The number of halogens is 1. The van der Waals surface area contributed by atoms with Gasteiger partial charge < -0.3 is 10.2 Å². The number of amides is 2. The van der Waals surface area contributed by atoms with Gasteiger partial charge in [0.2, 0.25) is 0 Å². The van der Waals surface area contributed by atoms with Crippen molar-refractivity contribution in [3.63, 3.8) is 0 Å². The molecule has 0 aliphatic rings. The number of nitrogens with one attached hydrogen (secondary N) is 1. The zero-order chi connectivity index (χ0) is 21.6. The normalized spacial score (nSPS) is 11.2. The fourth-order valence-corrected chi connectivity index (χ4v) is 3.55. The molecule has 0 aliphatic heterocycles. The minimum atomic E-state index is -0.121. The third kappa shape index (κ3) is 6.42. The van der Waals surface area contributed by atoms with E-state index in [9.17, 15) is 4.79 Å². The van der Waals surface area contributed by atoms with Gasteiger partial charge in [0.05, 0.1) is 0 Å². The van der Waals surface area contributed by atoms with Crippen LogP contribution in [0.2, 0.25) is 0 Å². The highest BCUT2D eigenvalue weighted by atomic mass is 79.9. The number of benzene rings is 2. The Hall–Kier alpha value is -2.66. The summed E-state index contributed by atoms with van der Waals surface area (Å²) in [5, 5.41) is 3.01. The standard InChI is InChI=1S/C25H28BrN3O/c1-25(2,3)20-12-10-19(11-13-20)18-29(16-14-22-8-4-5-15-27-22)24(30)28-23-9-6-7-21(26)17-23/h4-13,15,17H,14,16,18H2,1-3H3,(H,28,30). The van der Waals surface area contributed by atoms with Crippen LogP contribution in [0.5, 0.6) is 0 Å². The van der Waals surface area contributed by atoms with Gasteiger partial charge in [-0.1, -0.05) is 73.1 Å². The van der Waals surface area contributed by atoms with Gasteiger partial charge in [-0.25, -0.2) is 4.79 Å². The van der Waals surface area contributed by atoms with Crippen molar-refractivity contribution in [2.75, 3.05) is 11.9 Å². The summed E-state index contributed by atoms with van der Waals surface area (Å²) in [6.45, 7) is 7.72. The third-order valence-corrected chi connectivity index (χ3v) is 5.41. The van der Waals surface area contributed by atoms with E-state index in [1.165, 1.54) is 5.56 Å². The van der Waals surface area contributed by atoms with Crippen LogP contribution in [-0.4, -0.2) is 22.5 Å². The van der Waals surface area contributed by atoms with Gasteiger partial charge in [-0.15, -0.1) is 0 Å². The van der Waals surface area contributed by atoms with Gasteiger partial charge in [-0.3, -0.25) is 4.98 Å². The summed E-state index contributed by atoms with van der Waals surface area (Å²) in [7, 11) is 0. The summed E-state index contributed by atoms with van der Waals surface area (Å²) in [6.07, 6.45) is 2.49. The molecule has 2 aromatic carbocycles. The van der Waals surface area contributed by atoms with E-state index in [0.717, 1.165) is 21.4 Å². The second-order valence-electron chi connectivity index (χ2n) is 8.38. The largest absolute Gasteiger partial charge is 0.322 e. The van der Waals surface area contributed by atoms with Crippen molar-refractivity contribution in [2.24, 2.45) is 0 Å². The Morgan fingerprint density at radius 3 is 2.43 bits per heavy atom. The molecule has 3 rings (SSSR count). The number of urea groups is 1. The van der Waals surface area contributed by atoms with E-state index in [1.807, 2.05) is 47.4 Å². The molecule has 0 bridgehead atoms. The van der Waals surface area contributed by atoms with E-state index >= 15 is 0 Å². The van der Waals surface area contributed by atoms with Crippen LogP contribution in [0.1, 0.15) is 37.6 Å². The number of hydrogen-bond acceptors (Lipinski definition) is 2. The van der Waals surface area contributed by atoms with Gasteiger partial charge in [-0.2, -0.15) is 0 Å². The van der Waals surface area contributed by atoms with E-state index in [2.05, 4.69) is 71.3 Å². The lowest BCUT2D eigenvalue weighted by Crippen LogP contribution is -2.36. The molecule has 156 valence electrons. The lowest BCUT2D eigenvalue weighted by atomic mass is 9.87. The maximum absolute atomic E-state index is 13.1. The smallest absolute Gasteiger partial charge is 0.320 e. The van der Waals surface area contributed by atoms with Crippen LogP contribution in [-0.2, 0) is 18.4 Å². The fourth-order valence-electron chi connectivity index (χ4n) is 3.15. The molecular formula is C25H28BrN3O. The molecule has 0 saturated carbocycles. The molecule has 2 amide bonds. The highest BCUT2D eigenvalue weighted by molar-refractivity contribution is 9.10. The Morgan fingerprint density at radius 1 is 1.03 bits per heavy atom. The number of anilines is 1. The molecule has 1 heterocycles. The molecule has 0 atom stereocenters. The molecule has 5 heteroatoms. The lowest BCUT2D eigenvalue weighted by molar-refractivity contribution is 0.209. The van der Waals surface area contributed by atoms with Gasteiger partial charge in [0, 0.05) is 41.6 Å². The monoisotopic (exact) mass is 465 g/mol. The van der Waals surface area contributed by atoms with Crippen LogP contribution >= 0.6 is 15.9 Å². The number of rotatable bonds is 6. The number of pyridine rings is 1. The van der Waals surface area contributed by atoms with Gasteiger partial charge >= 0.3 is 6.03 Å². The van der Waals surface area contributed by atoms with Crippen molar-refractivity contribution < 1.29 is 4.79 Å². The average molecular weight is 466 g/mol. The molecule has 1 N–H and O–H groups in total. The van der Waals surface area contributed by atoms with Crippen LogP contribution in [0.3, 0.4) is 0 Å². The van der Waals surface area contributed by atoms with Crippen molar-refractivity contribution in [3.8, 4) is 0 Å². The fraction of sp³-hybridized carbons (Fsp3) is 0.280. The van der Waals surface area contributed by atoms with Crippen LogP contribution in [0.15, 0.2) is 77.4 Å². The molecule has 0 radical (unpaired) electrons. The zero-order valence-corrected chi connectivity index (χ0v) is 19.3. The van der Waals surface area contributed by atoms with E-state index in [-0.39, 0.29) is 11.4 Å². The Morgan fingerprint density at radius 2 is 1.80 bits per heavy atom. The minimum Gasteiger partial charge on any atom is -0.320 e. The van der Waals surface area contributed by atoms with Gasteiger partial charge in [0.1, 0.15) is 0 Å². The minimum absolute atomic E-state index is 0.106. The molecule has 4 nitrogen and oxygen atoms in total. The second kappa shape index (κ2) is 9.90. The molecule has 0 aliphatic carbocycles. The Labute approximate surface area is 187 Å². The molecule has 0 spiro atoms. The van der Waals surface area contributed by atoms with Crippen molar-refractivity contribution >= 4 is 27.6 Å². The summed E-state index contributed by atoms with van der Waals surface area (Å²) < 4.78 is 0.929. The van der Waals surface area contributed by atoms with Crippen LogP contribution in [0.4, 0.5) is 10.5 Å². The van der Waals surface area contributed by atoms with Crippen LogP contribution in [0, 0.1) is 0 Å². The number of hydrogen-bond donors (Lipinski definition) is 1. The number of carbonyl (C=O) groups excluding carboxylic acids is 1. The summed E-state index contributed by atoms with van der Waals surface area (Å²) in [4.78, 5) is 19.3. The summed E-state index contributed by atoms with van der Waals surface area (Å²) >= 11 is 3.45. The highest BCUT2D eigenvalue weighted by Crippen LogP contribution is 2.23. The number of carbonyl (C=O) groups is 1. The first-order valence-corrected chi connectivity index (χ1v) is 10.9.